The lowest BCUT2D eigenvalue weighted by Gasteiger charge is -2.40. The predicted octanol–water partition coefficient (Wildman–Crippen LogP) is 1.41. The number of nitrogens with one attached hydrogen (secondary N) is 1. The quantitative estimate of drug-likeness (QED) is 0.701. The summed E-state index contributed by atoms with van der Waals surface area (Å²) in [6.45, 7) is 2.80. The zero-order chi connectivity index (χ0) is 18.4. The van der Waals surface area contributed by atoms with E-state index in [1.54, 1.807) is 6.20 Å². The van der Waals surface area contributed by atoms with Gasteiger partial charge in [0.1, 0.15) is 11.6 Å². The van der Waals surface area contributed by atoms with Crippen molar-refractivity contribution in [3.05, 3.63) is 30.2 Å². The molecule has 1 saturated carbocycles. The van der Waals surface area contributed by atoms with Gasteiger partial charge in [-0.05, 0) is 31.0 Å². The molecule has 0 spiro atoms. The van der Waals surface area contributed by atoms with Crippen LogP contribution >= 0.6 is 0 Å². The number of aromatic nitrogens is 6. The van der Waals surface area contributed by atoms with E-state index in [1.807, 2.05) is 41.7 Å². The number of fused-ring (bicyclic) bond motifs is 1. The van der Waals surface area contributed by atoms with Gasteiger partial charge >= 0.3 is 0 Å². The van der Waals surface area contributed by atoms with Crippen molar-refractivity contribution in [1.29, 1.82) is 0 Å². The topological polar surface area (TPSA) is 87.4 Å². The Kier molecular flexibility index (Phi) is 3.80. The molecule has 2 aliphatic rings. The predicted molar refractivity (Wildman–Crippen MR) is 103 cm³/mol. The molecule has 1 N–H and O–H groups in total. The lowest BCUT2D eigenvalue weighted by Crippen LogP contribution is -2.50. The lowest BCUT2D eigenvalue weighted by atomic mass is 10.0. The van der Waals surface area contributed by atoms with Gasteiger partial charge in [-0.1, -0.05) is 0 Å². The number of hydrogen-bond acceptors (Lipinski definition) is 8. The molecule has 1 saturated heterocycles. The Bertz CT molecular complexity index is 956. The number of rotatable bonds is 6. The summed E-state index contributed by atoms with van der Waals surface area (Å²) in [5.74, 6) is 4.67. The van der Waals surface area contributed by atoms with Crippen molar-refractivity contribution in [3.8, 4) is 0 Å². The lowest BCUT2D eigenvalue weighted by molar-refractivity contribution is 0.424. The molecule has 0 radical (unpaired) electrons. The minimum atomic E-state index is 0.536. The van der Waals surface area contributed by atoms with Crippen LogP contribution in [0.1, 0.15) is 24.6 Å². The van der Waals surface area contributed by atoms with Crippen molar-refractivity contribution < 1.29 is 0 Å². The Hall–Kier alpha value is -2.97. The van der Waals surface area contributed by atoms with Crippen molar-refractivity contribution in [2.75, 3.05) is 48.8 Å². The molecule has 0 aromatic carbocycles. The average Bonchev–Trinajstić information content (AvgIpc) is 3.40. The van der Waals surface area contributed by atoms with Crippen molar-refractivity contribution in [2.24, 2.45) is 5.92 Å². The molecule has 27 heavy (non-hydrogen) atoms. The van der Waals surface area contributed by atoms with E-state index in [1.165, 1.54) is 12.8 Å². The standard InChI is InChI=1S/C18H23N9/c1-25(2)14-7-8-19-18(21-14)20-9-12-10-26(11-12)16-6-5-15-22-23-17(13-3-4-13)27(15)24-16/h5-8,12-13H,3-4,9-11H2,1-2H3,(H,19,20,21). The normalized spacial score (nSPS) is 17.2. The Morgan fingerprint density at radius 3 is 2.78 bits per heavy atom. The van der Waals surface area contributed by atoms with E-state index in [0.717, 1.165) is 42.7 Å². The first-order chi connectivity index (χ1) is 13.2. The van der Waals surface area contributed by atoms with Gasteiger partial charge in [-0.15, -0.1) is 15.3 Å². The fourth-order valence-corrected chi connectivity index (χ4v) is 3.37. The number of nitrogens with zero attached hydrogens (tertiary/aromatic N) is 8. The van der Waals surface area contributed by atoms with Crippen LogP contribution < -0.4 is 15.1 Å². The average molecular weight is 365 g/mol. The molecule has 2 fully saturated rings. The molecule has 1 aliphatic carbocycles. The van der Waals surface area contributed by atoms with E-state index < -0.39 is 0 Å². The van der Waals surface area contributed by atoms with Crippen molar-refractivity contribution in [3.63, 3.8) is 0 Å². The van der Waals surface area contributed by atoms with Crippen molar-refractivity contribution in [2.45, 2.75) is 18.8 Å². The first kappa shape index (κ1) is 16.2. The maximum Gasteiger partial charge on any atom is 0.224 e. The minimum absolute atomic E-state index is 0.536. The summed E-state index contributed by atoms with van der Waals surface area (Å²) in [6, 6.07) is 5.94. The third kappa shape index (κ3) is 3.13. The monoisotopic (exact) mass is 365 g/mol. The van der Waals surface area contributed by atoms with E-state index in [-0.39, 0.29) is 0 Å². The van der Waals surface area contributed by atoms with Gasteiger partial charge in [0.25, 0.3) is 0 Å². The van der Waals surface area contributed by atoms with Crippen LogP contribution in [0.3, 0.4) is 0 Å². The summed E-state index contributed by atoms with van der Waals surface area (Å²) in [7, 11) is 3.95. The number of hydrogen-bond donors (Lipinski definition) is 1. The maximum atomic E-state index is 4.77. The Labute approximate surface area is 157 Å². The third-order valence-electron chi connectivity index (χ3n) is 5.14. The van der Waals surface area contributed by atoms with Gasteiger partial charge < -0.3 is 15.1 Å². The second-order valence-corrected chi connectivity index (χ2v) is 7.58. The van der Waals surface area contributed by atoms with Crippen molar-refractivity contribution >= 4 is 23.2 Å². The highest BCUT2D eigenvalue weighted by atomic mass is 15.4. The zero-order valence-electron chi connectivity index (χ0n) is 15.6. The molecular formula is C18H23N9. The van der Waals surface area contributed by atoms with Gasteiger partial charge in [-0.2, -0.15) is 9.50 Å². The Morgan fingerprint density at radius 2 is 2.00 bits per heavy atom. The summed E-state index contributed by atoms with van der Waals surface area (Å²) in [5, 5.41) is 16.6. The number of anilines is 3. The van der Waals surface area contributed by atoms with Gasteiger partial charge in [0.2, 0.25) is 5.95 Å². The molecule has 0 bridgehead atoms. The molecule has 0 amide bonds. The summed E-state index contributed by atoms with van der Waals surface area (Å²) in [5.41, 5.74) is 0.831. The molecule has 140 valence electrons. The van der Waals surface area contributed by atoms with Gasteiger partial charge in [-0.3, -0.25) is 0 Å². The fraction of sp³-hybridized carbons (Fsp3) is 0.500. The van der Waals surface area contributed by atoms with Gasteiger partial charge in [0.15, 0.2) is 11.5 Å². The van der Waals surface area contributed by atoms with Crippen LogP contribution in [0.4, 0.5) is 17.6 Å². The first-order valence-electron chi connectivity index (χ1n) is 9.39. The molecule has 3 aromatic heterocycles. The van der Waals surface area contributed by atoms with Crippen LogP contribution in [0.5, 0.6) is 0 Å². The van der Waals surface area contributed by atoms with E-state index in [0.29, 0.717) is 17.8 Å². The maximum absolute atomic E-state index is 4.77. The van der Waals surface area contributed by atoms with E-state index >= 15 is 0 Å². The van der Waals surface area contributed by atoms with Crippen molar-refractivity contribution in [1.82, 2.24) is 29.8 Å². The van der Waals surface area contributed by atoms with Crippen LogP contribution in [-0.4, -0.2) is 63.5 Å². The van der Waals surface area contributed by atoms with Gasteiger partial charge in [0.05, 0.1) is 0 Å². The summed E-state index contributed by atoms with van der Waals surface area (Å²) < 4.78 is 1.92. The molecular weight excluding hydrogens is 342 g/mol. The summed E-state index contributed by atoms with van der Waals surface area (Å²) in [4.78, 5) is 13.1. The Morgan fingerprint density at radius 1 is 1.15 bits per heavy atom. The van der Waals surface area contributed by atoms with E-state index in [4.69, 9.17) is 5.10 Å². The summed E-state index contributed by atoms with van der Waals surface area (Å²) >= 11 is 0. The van der Waals surface area contributed by atoms with Crippen LogP contribution in [0.15, 0.2) is 24.4 Å². The van der Waals surface area contributed by atoms with Crippen LogP contribution in [0.25, 0.3) is 5.65 Å². The molecule has 3 aromatic rings. The molecule has 9 nitrogen and oxygen atoms in total. The fourth-order valence-electron chi connectivity index (χ4n) is 3.37. The van der Waals surface area contributed by atoms with Crippen LogP contribution in [0, 0.1) is 5.92 Å². The highest BCUT2D eigenvalue weighted by Gasteiger charge is 2.31. The van der Waals surface area contributed by atoms with Crippen LogP contribution in [-0.2, 0) is 0 Å². The molecule has 1 aliphatic heterocycles. The second kappa shape index (κ2) is 6.33. The summed E-state index contributed by atoms with van der Waals surface area (Å²) in [6.07, 6.45) is 4.18. The molecule has 9 heteroatoms. The van der Waals surface area contributed by atoms with Crippen LogP contribution in [0.2, 0.25) is 0 Å². The first-order valence-corrected chi connectivity index (χ1v) is 9.39. The molecule has 0 unspecified atom stereocenters. The third-order valence-corrected chi connectivity index (χ3v) is 5.14. The SMILES string of the molecule is CN(C)c1ccnc(NCC2CN(c3ccc4nnc(C5CC5)n4n3)C2)n1. The van der Waals surface area contributed by atoms with E-state index in [9.17, 15) is 0 Å². The Balaban J connectivity index is 1.20. The molecule has 5 rings (SSSR count). The highest BCUT2D eigenvalue weighted by molar-refractivity contribution is 5.48. The molecule has 4 heterocycles. The second-order valence-electron chi connectivity index (χ2n) is 7.58. The minimum Gasteiger partial charge on any atom is -0.363 e. The van der Waals surface area contributed by atoms with Gasteiger partial charge in [0, 0.05) is 51.8 Å². The smallest absolute Gasteiger partial charge is 0.224 e. The molecule has 0 atom stereocenters. The van der Waals surface area contributed by atoms with E-state index in [2.05, 4.69) is 30.4 Å². The van der Waals surface area contributed by atoms with Gasteiger partial charge in [-0.25, -0.2) is 4.98 Å². The highest BCUT2D eigenvalue weighted by Crippen LogP contribution is 2.38. The largest absolute Gasteiger partial charge is 0.363 e. The zero-order valence-corrected chi connectivity index (χ0v) is 15.6.